The Labute approximate surface area is 199 Å². The predicted octanol–water partition coefficient (Wildman–Crippen LogP) is 6.11. The summed E-state index contributed by atoms with van der Waals surface area (Å²) in [5.41, 5.74) is 7.31. The molecule has 0 aliphatic carbocycles. The van der Waals surface area contributed by atoms with E-state index in [1.54, 1.807) is 23.6 Å². The lowest BCUT2D eigenvalue weighted by Gasteiger charge is -2.32. The zero-order chi connectivity index (χ0) is 23.7. The molecule has 2 heterocycles. The molecule has 0 N–H and O–H groups in total. The van der Waals surface area contributed by atoms with Gasteiger partial charge in [-0.3, -0.25) is 9.69 Å². The van der Waals surface area contributed by atoms with Crippen LogP contribution in [0.5, 0.6) is 5.88 Å². The molecule has 1 aromatic heterocycles. The topological polar surface area (TPSA) is 68.2 Å². The molecule has 1 atom stereocenters. The van der Waals surface area contributed by atoms with Crippen LogP contribution in [0.25, 0.3) is 11.3 Å². The largest absolute Gasteiger partial charge is 0.447 e. The number of rotatable bonds is 5. The molecule has 0 fully saturated rings. The fourth-order valence-electron chi connectivity index (χ4n) is 4.20. The smallest absolute Gasteiger partial charge is 0.247 e. The van der Waals surface area contributed by atoms with Crippen molar-refractivity contribution in [3.63, 3.8) is 0 Å². The first-order valence-electron chi connectivity index (χ1n) is 11.3. The van der Waals surface area contributed by atoms with E-state index in [4.69, 9.17) is 9.72 Å². The summed E-state index contributed by atoms with van der Waals surface area (Å²) in [7, 11) is 0. The van der Waals surface area contributed by atoms with Gasteiger partial charge in [0.05, 0.1) is 5.69 Å². The van der Waals surface area contributed by atoms with Crippen LogP contribution in [0.4, 0.5) is 5.69 Å². The first kappa shape index (κ1) is 23.2. The molecule has 33 heavy (non-hydrogen) atoms. The van der Waals surface area contributed by atoms with E-state index in [1.165, 1.54) is 0 Å². The van der Waals surface area contributed by atoms with Gasteiger partial charge in [-0.05, 0) is 51.3 Å². The summed E-state index contributed by atoms with van der Waals surface area (Å²) < 4.78 is 6.56. The van der Waals surface area contributed by atoms with Crippen molar-refractivity contribution in [1.82, 2.24) is 15.2 Å². The number of amides is 1. The van der Waals surface area contributed by atoms with Gasteiger partial charge in [-0.2, -0.15) is 4.98 Å². The SMILES string of the molecule is CCCCSc1nnc2c(n1)OC(c1cc(C)ccc1C)N(C(C)=O)c1c(C)cc(C)cc1-2. The van der Waals surface area contributed by atoms with Crippen molar-refractivity contribution in [2.24, 2.45) is 0 Å². The highest BCUT2D eigenvalue weighted by Crippen LogP contribution is 2.46. The molecule has 172 valence electrons. The van der Waals surface area contributed by atoms with Crippen LogP contribution in [0, 0.1) is 27.7 Å². The number of hydrogen-bond acceptors (Lipinski definition) is 6. The standard InChI is InChI=1S/C26H30N4O2S/c1-7-8-11-33-26-27-24-22(28-29-26)21-14-16(3)12-18(5)23(21)30(19(6)31)25(32-24)20-13-15(2)9-10-17(20)4/h9-10,12-14,25H,7-8,11H2,1-6H3. The second-order valence-corrected chi connectivity index (χ2v) is 9.71. The van der Waals surface area contributed by atoms with Crippen LogP contribution in [-0.4, -0.2) is 26.8 Å². The van der Waals surface area contributed by atoms with Gasteiger partial charge in [0.2, 0.25) is 23.2 Å². The Balaban J connectivity index is 1.96. The molecular formula is C26H30N4O2S. The summed E-state index contributed by atoms with van der Waals surface area (Å²) in [5.74, 6) is 1.23. The van der Waals surface area contributed by atoms with Gasteiger partial charge in [0, 0.05) is 23.8 Å². The summed E-state index contributed by atoms with van der Waals surface area (Å²) in [6, 6.07) is 10.3. The highest BCUT2D eigenvalue weighted by Gasteiger charge is 2.36. The molecule has 6 nitrogen and oxygen atoms in total. The third-order valence-electron chi connectivity index (χ3n) is 5.80. The van der Waals surface area contributed by atoms with Crippen LogP contribution in [-0.2, 0) is 4.79 Å². The number of unbranched alkanes of at least 4 members (excludes halogenated alkanes) is 1. The number of nitrogens with zero attached hydrogens (tertiary/aromatic N) is 4. The maximum absolute atomic E-state index is 13.1. The molecule has 0 saturated heterocycles. The molecule has 2 aromatic carbocycles. The number of fused-ring (bicyclic) bond motifs is 3. The lowest BCUT2D eigenvalue weighted by atomic mass is 9.99. The van der Waals surface area contributed by atoms with E-state index in [9.17, 15) is 4.79 Å². The minimum atomic E-state index is -0.658. The highest BCUT2D eigenvalue weighted by atomic mass is 32.2. The number of benzene rings is 2. The number of carbonyl (C=O) groups excluding carboxylic acids is 1. The van der Waals surface area contributed by atoms with Crippen LogP contribution in [0.3, 0.4) is 0 Å². The summed E-state index contributed by atoms with van der Waals surface area (Å²) >= 11 is 1.58. The number of aryl methyl sites for hydroxylation is 4. The van der Waals surface area contributed by atoms with Crippen molar-refractivity contribution < 1.29 is 9.53 Å². The number of hydrogen-bond donors (Lipinski definition) is 0. The van der Waals surface area contributed by atoms with Gasteiger partial charge in [-0.15, -0.1) is 10.2 Å². The lowest BCUT2D eigenvalue weighted by molar-refractivity contribution is -0.118. The summed E-state index contributed by atoms with van der Waals surface area (Å²) in [4.78, 5) is 19.6. The zero-order valence-corrected chi connectivity index (χ0v) is 20.9. The molecule has 1 aliphatic rings. The maximum Gasteiger partial charge on any atom is 0.247 e. The Kier molecular flexibility index (Phi) is 6.70. The predicted molar refractivity (Wildman–Crippen MR) is 133 cm³/mol. The van der Waals surface area contributed by atoms with Crippen LogP contribution < -0.4 is 9.64 Å². The van der Waals surface area contributed by atoms with Gasteiger partial charge < -0.3 is 4.74 Å². The second kappa shape index (κ2) is 9.51. The van der Waals surface area contributed by atoms with Gasteiger partial charge in [0.25, 0.3) is 0 Å². The Hall–Kier alpha value is -2.93. The number of aromatic nitrogens is 3. The third-order valence-corrected chi connectivity index (χ3v) is 6.73. The van der Waals surface area contributed by atoms with Gasteiger partial charge in [-0.1, -0.05) is 60.5 Å². The van der Waals surface area contributed by atoms with Gasteiger partial charge in [-0.25, -0.2) is 0 Å². The van der Waals surface area contributed by atoms with Crippen LogP contribution in [0.2, 0.25) is 0 Å². The van der Waals surface area contributed by atoms with E-state index in [1.807, 2.05) is 33.8 Å². The summed E-state index contributed by atoms with van der Waals surface area (Å²) in [6.07, 6.45) is 1.53. The number of anilines is 1. The lowest BCUT2D eigenvalue weighted by Crippen LogP contribution is -2.37. The zero-order valence-electron chi connectivity index (χ0n) is 20.1. The summed E-state index contributed by atoms with van der Waals surface area (Å²) in [5, 5.41) is 9.52. The van der Waals surface area contributed by atoms with E-state index >= 15 is 0 Å². The normalized spacial score (nSPS) is 14.8. The molecule has 4 rings (SSSR count). The first-order chi connectivity index (χ1) is 15.8. The number of carbonyl (C=O) groups is 1. The van der Waals surface area contributed by atoms with Gasteiger partial charge >= 0.3 is 0 Å². The minimum Gasteiger partial charge on any atom is -0.447 e. The van der Waals surface area contributed by atoms with Crippen molar-refractivity contribution >= 4 is 23.4 Å². The maximum atomic E-state index is 13.1. The molecular weight excluding hydrogens is 432 g/mol. The van der Waals surface area contributed by atoms with Crippen molar-refractivity contribution in [3.8, 4) is 17.1 Å². The van der Waals surface area contributed by atoms with Gasteiger partial charge in [0.1, 0.15) is 0 Å². The Morgan fingerprint density at radius 1 is 1.06 bits per heavy atom. The molecule has 1 amide bonds. The molecule has 0 bridgehead atoms. The van der Waals surface area contributed by atoms with Crippen LogP contribution >= 0.6 is 11.8 Å². The first-order valence-corrected chi connectivity index (χ1v) is 12.3. The van der Waals surface area contributed by atoms with E-state index < -0.39 is 6.23 Å². The molecule has 0 radical (unpaired) electrons. The molecule has 1 aliphatic heterocycles. The molecule has 0 spiro atoms. The van der Waals surface area contributed by atoms with Crippen molar-refractivity contribution in [3.05, 3.63) is 58.1 Å². The second-order valence-electron chi connectivity index (χ2n) is 8.65. The van der Waals surface area contributed by atoms with Crippen molar-refractivity contribution in [2.75, 3.05) is 10.7 Å². The monoisotopic (exact) mass is 462 g/mol. The fraction of sp³-hybridized carbons (Fsp3) is 0.385. The number of thioether (sulfide) groups is 1. The summed E-state index contributed by atoms with van der Waals surface area (Å²) in [6.45, 7) is 11.9. The van der Waals surface area contributed by atoms with E-state index in [0.29, 0.717) is 16.7 Å². The Morgan fingerprint density at radius 3 is 2.58 bits per heavy atom. The number of ether oxygens (including phenoxy) is 1. The van der Waals surface area contributed by atoms with Gasteiger partial charge in [0.15, 0.2) is 5.69 Å². The molecule has 3 aromatic rings. The molecule has 0 saturated carbocycles. The third kappa shape index (κ3) is 4.60. The highest BCUT2D eigenvalue weighted by molar-refractivity contribution is 7.99. The Bertz CT molecular complexity index is 1210. The van der Waals surface area contributed by atoms with Crippen LogP contribution in [0.1, 0.15) is 60.7 Å². The van der Waals surface area contributed by atoms with E-state index in [-0.39, 0.29) is 5.91 Å². The average molecular weight is 463 g/mol. The quantitative estimate of drug-likeness (QED) is 0.337. The van der Waals surface area contributed by atoms with E-state index in [0.717, 1.165) is 57.7 Å². The van der Waals surface area contributed by atoms with Crippen molar-refractivity contribution in [1.29, 1.82) is 0 Å². The van der Waals surface area contributed by atoms with E-state index in [2.05, 4.69) is 41.4 Å². The molecule has 7 heteroatoms. The Morgan fingerprint density at radius 2 is 1.85 bits per heavy atom. The minimum absolute atomic E-state index is 0.104. The average Bonchev–Trinajstić information content (AvgIpc) is 2.90. The van der Waals surface area contributed by atoms with Crippen LogP contribution in [0.15, 0.2) is 35.5 Å². The molecule has 1 unspecified atom stereocenters. The van der Waals surface area contributed by atoms with Crippen molar-refractivity contribution in [2.45, 2.75) is 65.8 Å². The fourth-order valence-corrected chi connectivity index (χ4v) is 5.07.